The number of aromatic nitrogens is 2. The number of hydrogen-bond donors (Lipinski definition) is 0. The molecule has 1 unspecified atom stereocenters. The molecule has 1 atom stereocenters. The highest BCUT2D eigenvalue weighted by molar-refractivity contribution is 6.09. The van der Waals surface area contributed by atoms with Crippen molar-refractivity contribution in [1.29, 1.82) is 0 Å². The lowest BCUT2D eigenvalue weighted by molar-refractivity contribution is 0.646. The Hall–Kier alpha value is -3.08. The summed E-state index contributed by atoms with van der Waals surface area (Å²) in [7, 11) is 2.08. The van der Waals surface area contributed by atoms with Gasteiger partial charge in [-0.3, -0.25) is 0 Å². The van der Waals surface area contributed by atoms with Crippen LogP contribution in [0.5, 0.6) is 0 Å². The normalized spacial score (nSPS) is 16.7. The van der Waals surface area contributed by atoms with Crippen molar-refractivity contribution < 1.29 is 4.42 Å². The van der Waals surface area contributed by atoms with Gasteiger partial charge in [-0.1, -0.05) is 12.1 Å². The van der Waals surface area contributed by atoms with Gasteiger partial charge in [0.25, 0.3) is 0 Å². The number of fused-ring (bicyclic) bond motifs is 4. The van der Waals surface area contributed by atoms with Gasteiger partial charge in [-0.2, -0.15) is 0 Å². The van der Waals surface area contributed by atoms with Gasteiger partial charge in [0, 0.05) is 29.7 Å². The molecule has 5 heteroatoms. The van der Waals surface area contributed by atoms with Crippen molar-refractivity contribution in [2.75, 3.05) is 16.8 Å². The van der Waals surface area contributed by atoms with Gasteiger partial charge >= 0.3 is 0 Å². The van der Waals surface area contributed by atoms with Crippen molar-refractivity contribution in [3.63, 3.8) is 0 Å². The van der Waals surface area contributed by atoms with Crippen molar-refractivity contribution in [3.8, 4) is 0 Å². The van der Waals surface area contributed by atoms with Crippen molar-refractivity contribution >= 4 is 39.3 Å². The average Bonchev–Trinajstić information content (AvgIpc) is 3.11. The molecule has 3 aromatic heterocycles. The quantitative estimate of drug-likeness (QED) is 0.490. The summed E-state index contributed by atoms with van der Waals surface area (Å²) in [5.74, 6) is 0.987. The summed E-state index contributed by atoms with van der Waals surface area (Å²) in [6, 6.07) is 12.5. The first-order valence-electron chi connectivity index (χ1n) is 8.83. The van der Waals surface area contributed by atoms with E-state index in [9.17, 15) is 0 Å². The number of rotatable bonds is 1. The van der Waals surface area contributed by atoms with E-state index in [0.29, 0.717) is 5.71 Å². The summed E-state index contributed by atoms with van der Waals surface area (Å²) in [5.41, 5.74) is 5.89. The lowest BCUT2D eigenvalue weighted by Crippen LogP contribution is -2.36. The predicted molar refractivity (Wildman–Crippen MR) is 105 cm³/mol. The Morgan fingerprint density at radius 2 is 1.85 bits per heavy atom. The first-order chi connectivity index (χ1) is 12.6. The lowest BCUT2D eigenvalue weighted by atomic mass is 10.1. The standard InChI is InChI=1S/C21H20N4O/c1-12-7-9-15-16-10-8-13(2)23-21(16)26-19(15)18(12)25-14(3)24(4)20-17(25)6-5-11-22-20/h5-11,14H,1-4H3. The Bertz CT molecular complexity index is 1160. The predicted octanol–water partition coefficient (Wildman–Crippen LogP) is 4.93. The van der Waals surface area contributed by atoms with Gasteiger partial charge in [-0.15, -0.1) is 0 Å². The highest BCUT2D eigenvalue weighted by Crippen LogP contribution is 2.46. The van der Waals surface area contributed by atoms with Crippen LogP contribution in [0.2, 0.25) is 0 Å². The second-order valence-electron chi connectivity index (χ2n) is 6.97. The van der Waals surface area contributed by atoms with Crippen LogP contribution in [-0.4, -0.2) is 23.2 Å². The lowest BCUT2D eigenvalue weighted by Gasteiger charge is -2.28. The second kappa shape index (κ2) is 5.21. The molecular formula is C21H20N4O. The molecule has 5 rings (SSSR count). The number of hydrogen-bond acceptors (Lipinski definition) is 5. The van der Waals surface area contributed by atoms with E-state index in [1.807, 2.05) is 25.3 Å². The van der Waals surface area contributed by atoms with E-state index in [4.69, 9.17) is 4.42 Å². The minimum atomic E-state index is 0.145. The molecule has 5 nitrogen and oxygen atoms in total. The molecule has 1 aliphatic rings. The third kappa shape index (κ3) is 1.91. The van der Waals surface area contributed by atoms with Crippen LogP contribution in [-0.2, 0) is 0 Å². The van der Waals surface area contributed by atoms with Gasteiger partial charge in [0.2, 0.25) is 5.71 Å². The van der Waals surface area contributed by atoms with Gasteiger partial charge < -0.3 is 14.2 Å². The van der Waals surface area contributed by atoms with Gasteiger partial charge in [0.05, 0.1) is 11.4 Å². The summed E-state index contributed by atoms with van der Waals surface area (Å²) < 4.78 is 6.26. The van der Waals surface area contributed by atoms with Crippen molar-refractivity contribution in [2.24, 2.45) is 0 Å². The molecule has 0 spiro atoms. The first-order valence-corrected chi connectivity index (χ1v) is 8.83. The molecule has 130 valence electrons. The smallest absolute Gasteiger partial charge is 0.227 e. The summed E-state index contributed by atoms with van der Waals surface area (Å²) in [6.45, 7) is 6.30. The van der Waals surface area contributed by atoms with Crippen LogP contribution in [0.25, 0.3) is 22.1 Å². The zero-order valence-corrected chi connectivity index (χ0v) is 15.3. The molecule has 26 heavy (non-hydrogen) atoms. The molecule has 1 aromatic carbocycles. The fourth-order valence-electron chi connectivity index (χ4n) is 3.90. The van der Waals surface area contributed by atoms with Crippen molar-refractivity contribution in [2.45, 2.75) is 26.9 Å². The van der Waals surface area contributed by atoms with Crippen molar-refractivity contribution in [3.05, 3.63) is 53.9 Å². The molecule has 0 saturated carbocycles. The van der Waals surface area contributed by atoms with E-state index < -0.39 is 0 Å². The van der Waals surface area contributed by atoms with E-state index in [1.165, 1.54) is 5.56 Å². The van der Waals surface area contributed by atoms with Gasteiger partial charge in [-0.25, -0.2) is 9.97 Å². The summed E-state index contributed by atoms with van der Waals surface area (Å²) in [6.07, 6.45) is 1.99. The molecule has 0 radical (unpaired) electrons. The minimum absolute atomic E-state index is 0.145. The second-order valence-corrected chi connectivity index (χ2v) is 6.97. The Morgan fingerprint density at radius 3 is 2.69 bits per heavy atom. The van der Waals surface area contributed by atoms with E-state index in [-0.39, 0.29) is 6.17 Å². The van der Waals surface area contributed by atoms with Crippen LogP contribution >= 0.6 is 0 Å². The number of furan rings is 1. The fraction of sp³-hybridized carbons (Fsp3) is 0.238. The summed E-state index contributed by atoms with van der Waals surface area (Å²) in [4.78, 5) is 13.7. The number of benzene rings is 1. The van der Waals surface area contributed by atoms with E-state index in [2.05, 4.69) is 64.9 Å². The SMILES string of the molecule is Cc1ccc2c(n1)oc1c(N3c4cccnc4N(C)C3C)c(C)ccc12. The Kier molecular flexibility index (Phi) is 3.04. The third-order valence-electron chi connectivity index (χ3n) is 5.36. The maximum absolute atomic E-state index is 6.26. The molecular weight excluding hydrogens is 324 g/mol. The summed E-state index contributed by atoms with van der Waals surface area (Å²) >= 11 is 0. The largest absolute Gasteiger partial charge is 0.435 e. The highest BCUT2D eigenvalue weighted by atomic mass is 16.3. The molecule has 0 aliphatic carbocycles. The van der Waals surface area contributed by atoms with E-state index >= 15 is 0 Å². The average molecular weight is 344 g/mol. The van der Waals surface area contributed by atoms with Crippen LogP contribution < -0.4 is 9.80 Å². The van der Waals surface area contributed by atoms with Crippen LogP contribution in [0.3, 0.4) is 0 Å². The van der Waals surface area contributed by atoms with E-state index in [0.717, 1.165) is 39.2 Å². The molecule has 1 aliphatic heterocycles. The summed E-state index contributed by atoms with van der Waals surface area (Å²) in [5, 5.41) is 2.15. The number of pyridine rings is 2. The topological polar surface area (TPSA) is 45.4 Å². The van der Waals surface area contributed by atoms with Crippen LogP contribution in [0.15, 0.2) is 47.0 Å². The van der Waals surface area contributed by atoms with Crippen LogP contribution in [0.1, 0.15) is 18.2 Å². The number of nitrogens with zero attached hydrogens (tertiary/aromatic N) is 4. The first kappa shape index (κ1) is 15.2. The molecule has 4 heterocycles. The Balaban J connectivity index is 1.84. The molecule has 0 bridgehead atoms. The highest BCUT2D eigenvalue weighted by Gasteiger charge is 2.35. The molecule has 4 aromatic rings. The maximum atomic E-state index is 6.26. The molecule has 0 amide bonds. The Morgan fingerprint density at radius 1 is 1.04 bits per heavy atom. The minimum Gasteiger partial charge on any atom is -0.435 e. The van der Waals surface area contributed by atoms with Gasteiger partial charge in [-0.05, 0) is 50.6 Å². The molecule has 0 saturated heterocycles. The zero-order valence-electron chi connectivity index (χ0n) is 15.3. The zero-order chi connectivity index (χ0) is 18.0. The van der Waals surface area contributed by atoms with Crippen molar-refractivity contribution in [1.82, 2.24) is 9.97 Å². The van der Waals surface area contributed by atoms with Gasteiger partial charge in [0.15, 0.2) is 11.4 Å². The number of anilines is 3. The van der Waals surface area contributed by atoms with Gasteiger partial charge in [0.1, 0.15) is 6.17 Å². The molecule has 0 fully saturated rings. The fourth-order valence-corrected chi connectivity index (χ4v) is 3.90. The maximum Gasteiger partial charge on any atom is 0.227 e. The van der Waals surface area contributed by atoms with E-state index in [1.54, 1.807) is 0 Å². The number of aryl methyl sites for hydroxylation is 2. The third-order valence-corrected chi connectivity index (χ3v) is 5.36. The molecule has 0 N–H and O–H groups in total. The Labute approximate surface area is 151 Å². The monoisotopic (exact) mass is 344 g/mol. The van der Waals surface area contributed by atoms with Crippen LogP contribution in [0.4, 0.5) is 17.2 Å². The van der Waals surface area contributed by atoms with Crippen LogP contribution in [0, 0.1) is 13.8 Å².